The zero-order valence-corrected chi connectivity index (χ0v) is 12.3. The van der Waals surface area contributed by atoms with Crippen LogP contribution in [0.2, 0.25) is 0 Å². The van der Waals surface area contributed by atoms with E-state index in [-0.39, 0.29) is 26.6 Å². The molecule has 2 atom stereocenters. The van der Waals surface area contributed by atoms with Crippen molar-refractivity contribution >= 4 is 55.5 Å². The van der Waals surface area contributed by atoms with Crippen LogP contribution in [-0.2, 0) is 9.59 Å². The minimum Gasteiger partial charge on any atom is -0.477 e. The van der Waals surface area contributed by atoms with E-state index in [0.717, 1.165) is 5.57 Å². The summed E-state index contributed by atoms with van der Waals surface area (Å²) >= 11 is 8.24. The molecule has 2 aliphatic heterocycles. The summed E-state index contributed by atoms with van der Waals surface area (Å²) in [6.07, 6.45) is 0. The largest absolute Gasteiger partial charge is 0.477 e. The van der Waals surface area contributed by atoms with E-state index in [2.05, 4.69) is 31.9 Å². The summed E-state index contributed by atoms with van der Waals surface area (Å²) in [4.78, 5) is 24.3. The third-order valence-corrected chi connectivity index (χ3v) is 5.26. The number of aliphatic carboxylic acids is 1. The molecule has 1 fully saturated rings. The number of carbonyl (C=O) groups is 2. The van der Waals surface area contributed by atoms with Crippen molar-refractivity contribution in [3.63, 3.8) is 0 Å². The van der Waals surface area contributed by atoms with Crippen LogP contribution < -0.4 is 0 Å². The van der Waals surface area contributed by atoms with Crippen molar-refractivity contribution in [2.45, 2.75) is 16.0 Å². The Morgan fingerprint density at radius 1 is 1.62 bits per heavy atom. The quantitative estimate of drug-likeness (QED) is 0.596. The van der Waals surface area contributed by atoms with Crippen LogP contribution in [0.5, 0.6) is 0 Å². The van der Waals surface area contributed by atoms with Crippen molar-refractivity contribution in [1.82, 2.24) is 4.90 Å². The van der Waals surface area contributed by atoms with Gasteiger partial charge in [0, 0.05) is 5.75 Å². The van der Waals surface area contributed by atoms with Gasteiger partial charge in [-0.25, -0.2) is 4.79 Å². The van der Waals surface area contributed by atoms with Crippen molar-refractivity contribution < 1.29 is 14.7 Å². The van der Waals surface area contributed by atoms with Gasteiger partial charge in [0.2, 0.25) is 5.91 Å². The summed E-state index contributed by atoms with van der Waals surface area (Å²) in [5, 5.41) is 9.03. The molecule has 0 radical (unpaired) electrons. The summed E-state index contributed by atoms with van der Waals surface area (Å²) in [6.45, 7) is 1.76. The van der Waals surface area contributed by atoms with Gasteiger partial charge in [-0.3, -0.25) is 9.69 Å². The number of nitrogens with zero attached hydrogens (tertiary/aromatic N) is 1. The van der Waals surface area contributed by atoms with Gasteiger partial charge in [0.05, 0.1) is 15.0 Å². The molecule has 2 aliphatic rings. The molecular weight excluding hydrogens is 362 g/mol. The maximum Gasteiger partial charge on any atom is 0.352 e. The molecule has 4 nitrogen and oxygen atoms in total. The van der Waals surface area contributed by atoms with Crippen LogP contribution in [0, 0.1) is 5.92 Å². The monoisotopic (exact) mass is 369 g/mol. The Morgan fingerprint density at radius 3 is 2.75 bits per heavy atom. The van der Waals surface area contributed by atoms with Gasteiger partial charge in [0.1, 0.15) is 5.70 Å². The zero-order valence-electron chi connectivity index (χ0n) is 8.31. The van der Waals surface area contributed by atoms with E-state index in [4.69, 9.17) is 5.11 Å². The smallest absolute Gasteiger partial charge is 0.352 e. The molecule has 0 aliphatic carbocycles. The maximum absolute atomic E-state index is 11.9. The summed E-state index contributed by atoms with van der Waals surface area (Å²) in [6, 6.07) is 0. The Labute approximate surface area is 114 Å². The van der Waals surface area contributed by atoms with Crippen LogP contribution in [-0.4, -0.2) is 36.7 Å². The first-order valence-corrected chi connectivity index (χ1v) is 7.49. The number of amides is 1. The fourth-order valence-electron chi connectivity index (χ4n) is 1.90. The molecule has 0 aromatic heterocycles. The van der Waals surface area contributed by atoms with Crippen molar-refractivity contribution in [1.29, 1.82) is 0 Å². The molecule has 2 rings (SSSR count). The predicted molar refractivity (Wildman–Crippen MR) is 68.6 cm³/mol. The number of hydrogen-bond acceptors (Lipinski definition) is 3. The van der Waals surface area contributed by atoms with Crippen LogP contribution in [0.4, 0.5) is 0 Å². The van der Waals surface area contributed by atoms with Crippen LogP contribution >= 0.6 is 43.6 Å². The fourth-order valence-corrected chi connectivity index (χ4v) is 4.74. The molecule has 0 saturated carbocycles. The molecule has 1 amide bonds. The Balaban J connectivity index is 2.31. The molecule has 16 heavy (non-hydrogen) atoms. The van der Waals surface area contributed by atoms with Gasteiger partial charge in [-0.05, 0) is 12.5 Å². The van der Waals surface area contributed by atoms with Crippen molar-refractivity contribution in [3.8, 4) is 0 Å². The lowest BCUT2D eigenvalue weighted by atomic mass is 9.98. The molecule has 0 bridgehead atoms. The summed E-state index contributed by atoms with van der Waals surface area (Å²) < 4.78 is -0.102. The van der Waals surface area contributed by atoms with Crippen LogP contribution in [0.1, 0.15) is 6.92 Å². The van der Waals surface area contributed by atoms with Gasteiger partial charge in [-0.1, -0.05) is 31.9 Å². The first kappa shape index (κ1) is 12.4. The van der Waals surface area contributed by atoms with Crippen molar-refractivity contribution in [2.75, 3.05) is 5.75 Å². The lowest BCUT2D eigenvalue weighted by molar-refractivity contribution is -0.151. The zero-order chi connectivity index (χ0) is 12.0. The van der Waals surface area contributed by atoms with Crippen molar-refractivity contribution in [2.24, 2.45) is 5.92 Å². The predicted octanol–water partition coefficient (Wildman–Crippen LogP) is 1.99. The van der Waals surface area contributed by atoms with E-state index >= 15 is 0 Å². The van der Waals surface area contributed by atoms with Gasteiger partial charge < -0.3 is 5.11 Å². The molecule has 0 aromatic carbocycles. The number of carbonyl (C=O) groups excluding carboxylic acids is 1. The second-order valence-electron chi connectivity index (χ2n) is 3.70. The van der Waals surface area contributed by atoms with Crippen LogP contribution in [0.15, 0.2) is 11.3 Å². The number of alkyl halides is 2. The Bertz CT molecular complexity index is 396. The normalized spacial score (nSPS) is 29.2. The topological polar surface area (TPSA) is 57.6 Å². The first-order valence-electron chi connectivity index (χ1n) is 4.61. The highest BCUT2D eigenvalue weighted by molar-refractivity contribution is 9.24. The SMILES string of the molecule is CC1=C(C(=O)O)N2C(=O)C(C(Br)Br)[C@H]2SC1. The van der Waals surface area contributed by atoms with E-state index < -0.39 is 5.97 Å². The molecule has 7 heteroatoms. The highest BCUT2D eigenvalue weighted by atomic mass is 79.9. The van der Waals surface area contributed by atoms with Gasteiger partial charge >= 0.3 is 5.97 Å². The summed E-state index contributed by atoms with van der Waals surface area (Å²) in [7, 11) is 0. The standard InChI is InChI=1S/C9H9Br2NO3S/c1-3-2-16-8-4(6(10)11)7(13)12(8)5(3)9(14)15/h4,6,8H,2H2,1H3,(H,14,15)/t4?,8-/m1/s1. The molecule has 2 heterocycles. The number of carboxylic acids is 1. The Hall–Kier alpha value is -0.0100. The van der Waals surface area contributed by atoms with E-state index in [0.29, 0.717) is 5.75 Å². The van der Waals surface area contributed by atoms with Gasteiger partial charge in [0.15, 0.2) is 0 Å². The fraction of sp³-hybridized carbons (Fsp3) is 0.556. The third-order valence-electron chi connectivity index (χ3n) is 2.67. The Morgan fingerprint density at radius 2 is 2.25 bits per heavy atom. The molecule has 0 spiro atoms. The number of β-lactam (4-membered cyclic amide) rings is 1. The first-order chi connectivity index (χ1) is 7.45. The van der Waals surface area contributed by atoms with E-state index in [1.807, 2.05) is 0 Å². The van der Waals surface area contributed by atoms with E-state index in [9.17, 15) is 9.59 Å². The van der Waals surface area contributed by atoms with E-state index in [1.54, 1.807) is 18.7 Å². The lowest BCUT2D eigenvalue weighted by Gasteiger charge is -2.50. The van der Waals surface area contributed by atoms with E-state index in [1.165, 1.54) is 4.90 Å². The van der Waals surface area contributed by atoms with Crippen LogP contribution in [0.25, 0.3) is 0 Å². The average molecular weight is 371 g/mol. The maximum atomic E-state index is 11.9. The van der Waals surface area contributed by atoms with Crippen LogP contribution in [0.3, 0.4) is 0 Å². The van der Waals surface area contributed by atoms with Gasteiger partial charge in [-0.15, -0.1) is 11.8 Å². The van der Waals surface area contributed by atoms with Gasteiger partial charge in [0.25, 0.3) is 0 Å². The minimum absolute atomic E-state index is 0.0638. The number of rotatable bonds is 2. The second-order valence-corrected chi connectivity index (χ2v) is 8.01. The number of hydrogen-bond donors (Lipinski definition) is 1. The van der Waals surface area contributed by atoms with Gasteiger partial charge in [-0.2, -0.15) is 0 Å². The lowest BCUT2D eigenvalue weighted by Crippen LogP contribution is -2.63. The molecule has 1 unspecified atom stereocenters. The highest BCUT2D eigenvalue weighted by Crippen LogP contribution is 2.47. The molecule has 1 N–H and O–H groups in total. The number of carboxylic acid groups (broad SMARTS) is 1. The Kier molecular flexibility index (Phi) is 3.38. The number of thioether (sulfide) groups is 1. The number of halogens is 2. The second kappa shape index (κ2) is 4.34. The average Bonchev–Trinajstić information content (AvgIpc) is 2.17. The molecular formula is C9H9Br2NO3S. The minimum atomic E-state index is -1.02. The number of fused-ring (bicyclic) bond motifs is 1. The summed E-state index contributed by atoms with van der Waals surface area (Å²) in [5.41, 5.74) is 0.909. The molecule has 88 valence electrons. The third kappa shape index (κ3) is 1.73. The summed E-state index contributed by atoms with van der Waals surface area (Å²) in [5.74, 6) is -0.672. The molecule has 1 saturated heterocycles. The molecule has 0 aromatic rings. The van der Waals surface area contributed by atoms with Crippen molar-refractivity contribution in [3.05, 3.63) is 11.3 Å². The highest BCUT2D eigenvalue weighted by Gasteiger charge is 2.54.